The van der Waals surface area contributed by atoms with Crippen molar-refractivity contribution in [1.82, 2.24) is 0 Å². The summed E-state index contributed by atoms with van der Waals surface area (Å²) in [6, 6.07) is 12.8. The van der Waals surface area contributed by atoms with Gasteiger partial charge in [-0.25, -0.2) is 0 Å². The highest BCUT2D eigenvalue weighted by Gasteiger charge is 2.27. The first-order valence-electron chi connectivity index (χ1n) is 10.1. The van der Waals surface area contributed by atoms with E-state index in [2.05, 4.69) is 94.6 Å². The molecule has 2 aromatic carbocycles. The number of anilines is 1. The monoisotopic (exact) mass is 391 g/mol. The molecule has 1 nitrogen and oxygen atoms in total. The first kappa shape index (κ1) is 21.1. The second kappa shape index (κ2) is 8.84. The van der Waals surface area contributed by atoms with Crippen LogP contribution in [0, 0.1) is 13.8 Å². The molecule has 1 aliphatic rings. The minimum Gasteiger partial charge on any atom is -0.343 e. The summed E-state index contributed by atoms with van der Waals surface area (Å²) in [6.45, 7) is 20.6. The minimum atomic E-state index is 1.04. The molecule has 0 fully saturated rings. The first-order chi connectivity index (χ1) is 14.5. The predicted molar refractivity (Wildman–Crippen MR) is 134 cm³/mol. The van der Waals surface area contributed by atoms with Gasteiger partial charge in [-0.15, -0.1) is 0 Å². The van der Waals surface area contributed by atoms with E-state index in [1.165, 1.54) is 16.7 Å². The molecule has 0 saturated carbocycles. The number of likely N-dealkylation sites (N-methyl/N-ethyl adjacent to an activating group) is 1. The molecular weight excluding hydrogens is 362 g/mol. The zero-order chi connectivity index (χ0) is 21.8. The zero-order valence-electron chi connectivity index (χ0n) is 18.2. The molecule has 0 unspecified atom stereocenters. The normalized spacial score (nSPS) is 13.9. The standard InChI is InChI=1S/C29H29N/c1-8-12-16-25-21(6)18-19-26-22(9-2)23(10-3)28(24-17-14-13-15-20(24)5)27(11-4)30(7)29(25)26/h8-19H,1-4H2,5-7H3/b16-12-. The van der Waals surface area contributed by atoms with E-state index in [9.17, 15) is 0 Å². The lowest BCUT2D eigenvalue weighted by Gasteiger charge is -2.27. The van der Waals surface area contributed by atoms with Crippen molar-refractivity contribution < 1.29 is 0 Å². The van der Waals surface area contributed by atoms with E-state index in [1.807, 2.05) is 24.3 Å². The number of aryl methyl sites for hydroxylation is 2. The van der Waals surface area contributed by atoms with Crippen molar-refractivity contribution in [2.24, 2.45) is 0 Å². The van der Waals surface area contributed by atoms with Gasteiger partial charge >= 0.3 is 0 Å². The molecule has 1 heterocycles. The molecule has 0 saturated heterocycles. The van der Waals surface area contributed by atoms with E-state index in [0.717, 1.165) is 39.2 Å². The first-order valence-corrected chi connectivity index (χ1v) is 10.1. The van der Waals surface area contributed by atoms with Crippen LogP contribution in [0.4, 0.5) is 5.69 Å². The van der Waals surface area contributed by atoms with Crippen molar-refractivity contribution >= 4 is 22.9 Å². The van der Waals surface area contributed by atoms with Crippen LogP contribution in [0.2, 0.25) is 0 Å². The van der Waals surface area contributed by atoms with E-state index >= 15 is 0 Å². The molecule has 150 valence electrons. The van der Waals surface area contributed by atoms with E-state index in [0.29, 0.717) is 0 Å². The Bertz CT molecular complexity index is 1130. The van der Waals surface area contributed by atoms with Gasteiger partial charge in [0.25, 0.3) is 0 Å². The molecule has 0 amide bonds. The third-order valence-corrected chi connectivity index (χ3v) is 5.65. The van der Waals surface area contributed by atoms with E-state index in [4.69, 9.17) is 0 Å². The molecule has 0 radical (unpaired) electrons. The minimum absolute atomic E-state index is 1.04. The Balaban J connectivity index is 2.54. The lowest BCUT2D eigenvalue weighted by molar-refractivity contribution is 1.13. The number of hydrogen-bond acceptors (Lipinski definition) is 1. The van der Waals surface area contributed by atoms with Crippen LogP contribution in [0.25, 0.3) is 17.2 Å². The van der Waals surface area contributed by atoms with Crippen molar-refractivity contribution in [3.63, 3.8) is 0 Å². The third-order valence-electron chi connectivity index (χ3n) is 5.65. The summed E-state index contributed by atoms with van der Waals surface area (Å²) in [5.41, 5.74) is 11.3. The summed E-state index contributed by atoms with van der Waals surface area (Å²) in [6.07, 6.45) is 11.7. The summed E-state index contributed by atoms with van der Waals surface area (Å²) in [5.74, 6) is 0. The second-order valence-electron chi connectivity index (χ2n) is 7.36. The van der Waals surface area contributed by atoms with Crippen LogP contribution in [-0.4, -0.2) is 7.05 Å². The molecular formula is C29H29N. The van der Waals surface area contributed by atoms with Crippen LogP contribution < -0.4 is 4.90 Å². The van der Waals surface area contributed by atoms with Crippen molar-refractivity contribution in [3.05, 3.63) is 132 Å². The highest BCUT2D eigenvalue weighted by atomic mass is 15.1. The fraction of sp³-hybridized carbons (Fsp3) is 0.103. The quantitative estimate of drug-likeness (QED) is 0.457. The number of allylic oxidation sites excluding steroid dienone is 8. The number of fused-ring (bicyclic) bond motifs is 1. The molecule has 0 spiro atoms. The highest BCUT2D eigenvalue weighted by molar-refractivity contribution is 6.04. The number of nitrogens with zero attached hydrogens (tertiary/aromatic N) is 1. The van der Waals surface area contributed by atoms with Gasteiger partial charge in [0.2, 0.25) is 0 Å². The smallest absolute Gasteiger partial charge is 0.0564 e. The largest absolute Gasteiger partial charge is 0.343 e. The molecule has 0 aromatic heterocycles. The third kappa shape index (κ3) is 3.44. The lowest BCUT2D eigenvalue weighted by Crippen LogP contribution is -2.18. The van der Waals surface area contributed by atoms with Gasteiger partial charge < -0.3 is 4.90 Å². The SMILES string of the molecule is C=C/C=C\c1c(C)ccc2c1N(C)C(C=C)=C(c1ccccc1C)C(C=C)=C2C=C. The van der Waals surface area contributed by atoms with E-state index in [-0.39, 0.29) is 0 Å². The van der Waals surface area contributed by atoms with Crippen LogP contribution in [0.3, 0.4) is 0 Å². The Hall–Kier alpha value is -3.58. The van der Waals surface area contributed by atoms with Crippen LogP contribution in [0.1, 0.15) is 27.8 Å². The lowest BCUT2D eigenvalue weighted by atomic mass is 9.87. The Morgan fingerprint density at radius 2 is 1.47 bits per heavy atom. The summed E-state index contributed by atoms with van der Waals surface area (Å²) in [7, 11) is 2.10. The van der Waals surface area contributed by atoms with Gasteiger partial charge in [0, 0.05) is 29.4 Å². The fourth-order valence-corrected chi connectivity index (χ4v) is 4.18. The predicted octanol–water partition coefficient (Wildman–Crippen LogP) is 7.68. The van der Waals surface area contributed by atoms with E-state index < -0.39 is 0 Å². The van der Waals surface area contributed by atoms with Gasteiger partial charge in [-0.3, -0.25) is 0 Å². The van der Waals surface area contributed by atoms with Gasteiger partial charge in [-0.2, -0.15) is 0 Å². The molecule has 0 N–H and O–H groups in total. The van der Waals surface area contributed by atoms with Gasteiger partial charge in [0.15, 0.2) is 0 Å². The Kier molecular flexibility index (Phi) is 6.23. The van der Waals surface area contributed by atoms with Gasteiger partial charge in [-0.05, 0) is 47.8 Å². The molecule has 0 bridgehead atoms. The maximum absolute atomic E-state index is 4.17. The average Bonchev–Trinajstić information content (AvgIpc) is 2.85. The molecule has 2 aromatic rings. The Morgan fingerprint density at radius 3 is 2.07 bits per heavy atom. The average molecular weight is 392 g/mol. The van der Waals surface area contributed by atoms with Crippen LogP contribution in [0.5, 0.6) is 0 Å². The number of rotatable bonds is 6. The van der Waals surface area contributed by atoms with Crippen LogP contribution in [0.15, 0.2) is 104 Å². The number of benzene rings is 2. The maximum Gasteiger partial charge on any atom is 0.0564 e. The second-order valence-corrected chi connectivity index (χ2v) is 7.36. The summed E-state index contributed by atoms with van der Waals surface area (Å²) in [5, 5.41) is 0. The molecule has 3 rings (SSSR count). The summed E-state index contributed by atoms with van der Waals surface area (Å²) >= 11 is 0. The van der Waals surface area contributed by atoms with Crippen molar-refractivity contribution in [2.45, 2.75) is 13.8 Å². The maximum atomic E-state index is 4.17. The van der Waals surface area contributed by atoms with Gasteiger partial charge in [-0.1, -0.05) is 93.1 Å². The number of hydrogen-bond donors (Lipinski definition) is 0. The highest BCUT2D eigenvalue weighted by Crippen LogP contribution is 2.45. The van der Waals surface area contributed by atoms with E-state index in [1.54, 1.807) is 6.08 Å². The van der Waals surface area contributed by atoms with Crippen molar-refractivity contribution in [3.8, 4) is 0 Å². The van der Waals surface area contributed by atoms with Crippen LogP contribution in [-0.2, 0) is 0 Å². The van der Waals surface area contributed by atoms with Gasteiger partial charge in [0.1, 0.15) is 0 Å². The molecule has 0 aliphatic carbocycles. The van der Waals surface area contributed by atoms with Crippen molar-refractivity contribution in [2.75, 3.05) is 11.9 Å². The molecule has 1 aliphatic heterocycles. The molecule has 0 atom stereocenters. The topological polar surface area (TPSA) is 3.24 Å². The van der Waals surface area contributed by atoms with Crippen molar-refractivity contribution in [1.29, 1.82) is 0 Å². The fourth-order valence-electron chi connectivity index (χ4n) is 4.18. The Morgan fingerprint density at radius 1 is 0.767 bits per heavy atom. The van der Waals surface area contributed by atoms with Crippen LogP contribution >= 0.6 is 0 Å². The zero-order valence-corrected chi connectivity index (χ0v) is 18.2. The summed E-state index contributed by atoms with van der Waals surface area (Å²) < 4.78 is 0. The molecule has 30 heavy (non-hydrogen) atoms. The summed E-state index contributed by atoms with van der Waals surface area (Å²) in [4.78, 5) is 2.24. The Labute approximate surface area is 181 Å². The molecule has 1 heteroatoms. The van der Waals surface area contributed by atoms with Gasteiger partial charge in [0.05, 0.1) is 5.69 Å².